The van der Waals surface area contributed by atoms with E-state index in [2.05, 4.69) is 44.5 Å². The highest BCUT2D eigenvalue weighted by Gasteiger charge is 2.05. The monoisotopic (exact) mass is 269 g/mol. The van der Waals surface area contributed by atoms with E-state index in [1.165, 1.54) is 4.88 Å². The molecule has 0 bridgehead atoms. The molecule has 0 unspecified atom stereocenters. The lowest BCUT2D eigenvalue weighted by molar-refractivity contribution is 0.736. The van der Waals surface area contributed by atoms with E-state index in [0.717, 1.165) is 24.6 Å². The fraction of sp³-hybridized carbons (Fsp3) is 0.133. The number of nitrogens with one attached hydrogen (secondary N) is 1. The van der Waals surface area contributed by atoms with Crippen molar-refractivity contribution < 1.29 is 0 Å². The van der Waals surface area contributed by atoms with Gasteiger partial charge in [-0.1, -0.05) is 24.3 Å². The molecule has 0 fully saturated rings. The van der Waals surface area contributed by atoms with Crippen LogP contribution in [0.5, 0.6) is 0 Å². The fourth-order valence-corrected chi connectivity index (χ4v) is 2.73. The summed E-state index contributed by atoms with van der Waals surface area (Å²) in [4.78, 5) is 5.64. The van der Waals surface area contributed by atoms with Crippen LogP contribution < -0.4 is 5.32 Å². The third-order valence-corrected chi connectivity index (χ3v) is 3.78. The zero-order chi connectivity index (χ0) is 12.9. The summed E-state index contributed by atoms with van der Waals surface area (Å²) in [5, 5.41) is 5.49. The van der Waals surface area contributed by atoms with Crippen molar-refractivity contribution in [3.05, 3.63) is 60.2 Å². The Hall–Kier alpha value is -2.07. The molecule has 3 nitrogen and oxygen atoms in total. The minimum Gasteiger partial charge on any atom is -0.383 e. The van der Waals surface area contributed by atoms with E-state index in [1.807, 2.05) is 30.6 Å². The lowest BCUT2D eigenvalue weighted by Gasteiger charge is -2.09. The molecule has 2 heterocycles. The average Bonchev–Trinajstić information content (AvgIpc) is 3.10. The molecule has 0 aliphatic rings. The Kier molecular flexibility index (Phi) is 3.61. The third kappa shape index (κ3) is 2.85. The highest BCUT2D eigenvalue weighted by Crippen LogP contribution is 2.22. The molecule has 1 aromatic carbocycles. The van der Waals surface area contributed by atoms with Crippen LogP contribution in [0.15, 0.2) is 60.2 Å². The van der Waals surface area contributed by atoms with Gasteiger partial charge in [0.2, 0.25) is 0 Å². The number of aromatic nitrogens is 2. The summed E-state index contributed by atoms with van der Waals surface area (Å²) in [6.07, 6.45) is 3.89. The van der Waals surface area contributed by atoms with Crippen LogP contribution in [0.25, 0.3) is 10.7 Å². The molecule has 0 aliphatic carbocycles. The van der Waals surface area contributed by atoms with Crippen LogP contribution in [0.3, 0.4) is 0 Å². The van der Waals surface area contributed by atoms with Crippen molar-refractivity contribution in [3.63, 3.8) is 0 Å². The molecular formula is C15H15N3S. The fourth-order valence-electron chi connectivity index (χ4n) is 2.00. The summed E-state index contributed by atoms with van der Waals surface area (Å²) < 4.78 is 2.18. The van der Waals surface area contributed by atoms with E-state index in [0.29, 0.717) is 0 Å². The van der Waals surface area contributed by atoms with Crippen molar-refractivity contribution in [3.8, 4) is 10.7 Å². The maximum atomic E-state index is 4.43. The molecule has 0 atom stereocenters. The van der Waals surface area contributed by atoms with Gasteiger partial charge in [-0.2, -0.15) is 0 Å². The standard InChI is InChI=1S/C15H15N3S/c1-2-5-13(6-3-1)16-8-10-18-11-9-17-15(18)14-7-4-12-19-14/h1-7,9,11-12,16H,8,10H2. The maximum absolute atomic E-state index is 4.43. The van der Waals surface area contributed by atoms with Crippen molar-refractivity contribution in [2.45, 2.75) is 6.54 Å². The van der Waals surface area contributed by atoms with Gasteiger partial charge in [0.05, 0.1) is 4.88 Å². The number of hydrogen-bond donors (Lipinski definition) is 1. The maximum Gasteiger partial charge on any atom is 0.150 e. The predicted molar refractivity (Wildman–Crippen MR) is 80.5 cm³/mol. The Balaban J connectivity index is 1.64. The summed E-state index contributed by atoms with van der Waals surface area (Å²) in [7, 11) is 0. The van der Waals surface area contributed by atoms with Crippen LogP contribution in [0, 0.1) is 0 Å². The number of rotatable bonds is 5. The summed E-state index contributed by atoms with van der Waals surface area (Å²) in [6.45, 7) is 1.79. The van der Waals surface area contributed by atoms with E-state index in [1.54, 1.807) is 11.3 Å². The highest BCUT2D eigenvalue weighted by molar-refractivity contribution is 7.13. The second kappa shape index (κ2) is 5.71. The van der Waals surface area contributed by atoms with E-state index >= 15 is 0 Å². The van der Waals surface area contributed by atoms with Gasteiger partial charge in [-0.05, 0) is 23.6 Å². The Morgan fingerprint density at radius 1 is 1.11 bits per heavy atom. The van der Waals surface area contributed by atoms with Crippen molar-refractivity contribution in [2.75, 3.05) is 11.9 Å². The molecule has 2 aromatic heterocycles. The zero-order valence-corrected chi connectivity index (χ0v) is 11.3. The van der Waals surface area contributed by atoms with Gasteiger partial charge >= 0.3 is 0 Å². The molecular weight excluding hydrogens is 254 g/mol. The second-order valence-electron chi connectivity index (χ2n) is 4.21. The van der Waals surface area contributed by atoms with Gasteiger partial charge in [0.15, 0.2) is 0 Å². The Labute approximate surface area is 116 Å². The number of thiophene rings is 1. The van der Waals surface area contributed by atoms with Crippen molar-refractivity contribution in [1.82, 2.24) is 9.55 Å². The average molecular weight is 269 g/mol. The number of imidazole rings is 1. The van der Waals surface area contributed by atoms with Gasteiger partial charge in [-0.3, -0.25) is 0 Å². The van der Waals surface area contributed by atoms with Gasteiger partial charge < -0.3 is 9.88 Å². The zero-order valence-electron chi connectivity index (χ0n) is 10.5. The van der Waals surface area contributed by atoms with Crippen LogP contribution in [0.2, 0.25) is 0 Å². The number of hydrogen-bond acceptors (Lipinski definition) is 3. The molecule has 0 aliphatic heterocycles. The summed E-state index contributed by atoms with van der Waals surface area (Å²) in [6, 6.07) is 14.4. The molecule has 96 valence electrons. The molecule has 19 heavy (non-hydrogen) atoms. The summed E-state index contributed by atoms with van der Waals surface area (Å²) >= 11 is 1.72. The van der Waals surface area contributed by atoms with Crippen LogP contribution in [-0.2, 0) is 6.54 Å². The predicted octanol–water partition coefficient (Wildman–Crippen LogP) is 3.72. The molecule has 3 rings (SSSR count). The largest absolute Gasteiger partial charge is 0.383 e. The summed E-state index contributed by atoms with van der Waals surface area (Å²) in [5.74, 6) is 1.05. The SMILES string of the molecule is c1ccc(NCCn2ccnc2-c2cccs2)cc1. The number of para-hydroxylation sites is 1. The van der Waals surface area contributed by atoms with Crippen LogP contribution in [0.4, 0.5) is 5.69 Å². The first kappa shape index (κ1) is 12.0. The second-order valence-corrected chi connectivity index (χ2v) is 5.16. The van der Waals surface area contributed by atoms with E-state index < -0.39 is 0 Å². The Morgan fingerprint density at radius 2 is 2.00 bits per heavy atom. The number of nitrogens with zero attached hydrogens (tertiary/aromatic N) is 2. The minimum atomic E-state index is 0.888. The molecule has 1 N–H and O–H groups in total. The molecule has 0 saturated carbocycles. The quantitative estimate of drug-likeness (QED) is 0.765. The molecule has 4 heteroatoms. The molecule has 0 amide bonds. The molecule has 0 radical (unpaired) electrons. The van der Waals surface area contributed by atoms with Gasteiger partial charge in [0.1, 0.15) is 5.82 Å². The Bertz CT molecular complexity index is 614. The lowest BCUT2D eigenvalue weighted by atomic mass is 10.3. The lowest BCUT2D eigenvalue weighted by Crippen LogP contribution is -2.10. The summed E-state index contributed by atoms with van der Waals surface area (Å²) in [5.41, 5.74) is 1.15. The molecule has 0 saturated heterocycles. The van der Waals surface area contributed by atoms with Crippen molar-refractivity contribution in [2.24, 2.45) is 0 Å². The van der Waals surface area contributed by atoms with Crippen molar-refractivity contribution in [1.29, 1.82) is 0 Å². The molecule has 3 aromatic rings. The van der Waals surface area contributed by atoms with Gasteiger partial charge in [0, 0.05) is 31.2 Å². The van der Waals surface area contributed by atoms with Crippen molar-refractivity contribution >= 4 is 17.0 Å². The van der Waals surface area contributed by atoms with E-state index in [4.69, 9.17) is 0 Å². The first-order valence-electron chi connectivity index (χ1n) is 6.27. The van der Waals surface area contributed by atoms with Crippen LogP contribution in [-0.4, -0.2) is 16.1 Å². The minimum absolute atomic E-state index is 0.888. The third-order valence-electron chi connectivity index (χ3n) is 2.91. The Morgan fingerprint density at radius 3 is 2.79 bits per heavy atom. The smallest absolute Gasteiger partial charge is 0.150 e. The number of benzene rings is 1. The van der Waals surface area contributed by atoms with Crippen LogP contribution >= 0.6 is 11.3 Å². The van der Waals surface area contributed by atoms with Crippen LogP contribution in [0.1, 0.15) is 0 Å². The van der Waals surface area contributed by atoms with E-state index in [-0.39, 0.29) is 0 Å². The van der Waals surface area contributed by atoms with Gasteiger partial charge in [0.25, 0.3) is 0 Å². The number of anilines is 1. The van der Waals surface area contributed by atoms with Gasteiger partial charge in [-0.25, -0.2) is 4.98 Å². The molecule has 0 spiro atoms. The highest BCUT2D eigenvalue weighted by atomic mass is 32.1. The van der Waals surface area contributed by atoms with E-state index in [9.17, 15) is 0 Å². The normalized spacial score (nSPS) is 10.5. The first-order valence-corrected chi connectivity index (χ1v) is 7.15. The first-order chi connectivity index (χ1) is 9.43. The van der Waals surface area contributed by atoms with Gasteiger partial charge in [-0.15, -0.1) is 11.3 Å². The topological polar surface area (TPSA) is 29.9 Å².